The smallest absolute Gasteiger partial charge is 0.407 e. The molecule has 174 valence electrons. The molecule has 0 heterocycles. The predicted octanol–water partition coefficient (Wildman–Crippen LogP) is 7.49. The van der Waals surface area contributed by atoms with Gasteiger partial charge in [-0.05, 0) is 53.4 Å². The molecule has 0 aliphatic heterocycles. The summed E-state index contributed by atoms with van der Waals surface area (Å²) in [6, 6.07) is 4.77. The lowest BCUT2D eigenvalue weighted by Gasteiger charge is -2.13. The van der Waals surface area contributed by atoms with Gasteiger partial charge in [0.25, 0.3) is 0 Å². The molecule has 6 nitrogen and oxygen atoms in total. The first-order valence-corrected chi connectivity index (χ1v) is 14.0. The Bertz CT molecular complexity index is 936. The van der Waals surface area contributed by atoms with Gasteiger partial charge in [0.1, 0.15) is 0 Å². The van der Waals surface area contributed by atoms with E-state index in [1.165, 1.54) is 91.4 Å². The molecule has 0 aliphatic carbocycles. The minimum absolute atomic E-state index is 0.146. The molecule has 2 amide bonds. The Balaban J connectivity index is 2.03. The number of carbonyl (C=O) groups is 2. The molecule has 0 unspecified atom stereocenters. The summed E-state index contributed by atoms with van der Waals surface area (Å²) in [5.74, 6) is -2.02. The summed E-state index contributed by atoms with van der Waals surface area (Å²) in [5.41, 5.74) is 0. The van der Waals surface area contributed by atoms with Crippen molar-refractivity contribution < 1.29 is 27.8 Å². The highest BCUT2D eigenvalue weighted by Gasteiger charge is 2.17. The summed E-state index contributed by atoms with van der Waals surface area (Å²) in [6.45, 7) is 0. The van der Waals surface area contributed by atoms with Gasteiger partial charge in [-0.3, -0.25) is 0 Å². The van der Waals surface area contributed by atoms with E-state index >= 15 is 0 Å². The highest BCUT2D eigenvalue weighted by molar-refractivity contribution is 9.26. The lowest BCUT2D eigenvalue weighted by atomic mass is 10.3. The van der Waals surface area contributed by atoms with Crippen LogP contribution < -0.4 is 9.47 Å². The maximum Gasteiger partial charge on any atom is 0.414 e. The average molecular weight is 562 g/mol. The summed E-state index contributed by atoms with van der Waals surface area (Å²) in [7, 11) is 10.8. The third kappa shape index (κ3) is 7.70. The highest BCUT2D eigenvalue weighted by atomic mass is 35.5. The molecule has 0 saturated carbocycles. The van der Waals surface area contributed by atoms with Crippen molar-refractivity contribution in [3.8, 4) is 11.5 Å². The van der Waals surface area contributed by atoms with Crippen LogP contribution in [0, 0.1) is 11.6 Å². The van der Waals surface area contributed by atoms with Crippen molar-refractivity contribution >= 4 is 76.6 Å². The molecule has 0 fully saturated rings. The van der Waals surface area contributed by atoms with Crippen molar-refractivity contribution in [1.82, 2.24) is 9.80 Å². The first-order valence-electron chi connectivity index (χ1n) is 8.43. The van der Waals surface area contributed by atoms with Gasteiger partial charge in [0, 0.05) is 50.1 Å². The first kappa shape index (κ1) is 27.1. The molecule has 0 bridgehead atoms. The van der Waals surface area contributed by atoms with Crippen molar-refractivity contribution in [3.63, 3.8) is 0 Å². The van der Waals surface area contributed by atoms with Crippen LogP contribution in [0.2, 0.25) is 10.0 Å². The van der Waals surface area contributed by atoms with Crippen molar-refractivity contribution in [1.29, 1.82) is 0 Å². The van der Waals surface area contributed by atoms with E-state index in [0.29, 0.717) is 9.79 Å². The molecule has 0 N–H and O–H groups in total. The van der Waals surface area contributed by atoms with Gasteiger partial charge < -0.3 is 19.3 Å². The van der Waals surface area contributed by atoms with Crippen LogP contribution >= 0.6 is 64.4 Å². The zero-order valence-corrected chi connectivity index (χ0v) is 21.8. The molecule has 0 radical (unpaired) electrons. The largest absolute Gasteiger partial charge is 0.414 e. The van der Waals surface area contributed by atoms with Gasteiger partial charge in [-0.1, -0.05) is 23.2 Å². The average Bonchev–Trinajstić information content (AvgIpc) is 2.70. The maximum absolute atomic E-state index is 14.0. The van der Waals surface area contributed by atoms with Gasteiger partial charge in [0.2, 0.25) is 0 Å². The second-order valence-corrected chi connectivity index (χ2v) is 12.8. The van der Waals surface area contributed by atoms with E-state index in [2.05, 4.69) is 0 Å². The molecule has 2 aromatic rings. The third-order valence-electron chi connectivity index (χ3n) is 3.37. The van der Waals surface area contributed by atoms with Crippen molar-refractivity contribution in [3.05, 3.63) is 45.9 Å². The number of carbonyl (C=O) groups excluding carboxylic acids is 2. The summed E-state index contributed by atoms with van der Waals surface area (Å²) in [4.78, 5) is 26.6. The molecular formula is C18H16Cl2F2N2O4S4. The third-order valence-corrected chi connectivity index (χ3v) is 10.3. The van der Waals surface area contributed by atoms with Crippen LogP contribution in [0.3, 0.4) is 0 Å². The van der Waals surface area contributed by atoms with Crippen LogP contribution in [0.5, 0.6) is 11.5 Å². The summed E-state index contributed by atoms with van der Waals surface area (Å²) in [6.07, 6.45) is -1.45. The Kier molecular flexibility index (Phi) is 10.4. The van der Waals surface area contributed by atoms with Gasteiger partial charge >= 0.3 is 12.2 Å². The summed E-state index contributed by atoms with van der Waals surface area (Å²) < 4.78 is 38.0. The standard InChI is InChI=1S/C18H16Cl2F2N2O4S4/c1-23(2)17(25)27-13-7-15(9(19)5-11(13)21)29-31-32-30-16-8-14(12(22)6-10(16)20)28-18(26)24(3)4/h5-8H,1-4H3. The molecular weight excluding hydrogens is 545 g/mol. The monoisotopic (exact) mass is 560 g/mol. The summed E-state index contributed by atoms with van der Waals surface area (Å²) in [5, 5.41) is 0.293. The topological polar surface area (TPSA) is 59.1 Å². The molecule has 0 spiro atoms. The van der Waals surface area contributed by atoms with E-state index in [1.54, 1.807) is 0 Å². The minimum Gasteiger partial charge on any atom is -0.407 e. The Hall–Kier alpha value is -1.18. The van der Waals surface area contributed by atoms with Gasteiger partial charge in [0.15, 0.2) is 23.1 Å². The molecule has 0 saturated heterocycles. The predicted molar refractivity (Wildman–Crippen MR) is 129 cm³/mol. The fourth-order valence-corrected chi connectivity index (χ4v) is 8.13. The lowest BCUT2D eigenvalue weighted by Crippen LogP contribution is -2.25. The molecule has 2 rings (SSSR count). The number of ether oxygens (including phenoxy) is 2. The summed E-state index contributed by atoms with van der Waals surface area (Å²) >= 11 is 12.2. The molecule has 0 aromatic heterocycles. The van der Waals surface area contributed by atoms with Crippen LogP contribution in [-0.2, 0) is 0 Å². The van der Waals surface area contributed by atoms with E-state index in [4.69, 9.17) is 32.7 Å². The number of hydrogen-bond acceptors (Lipinski definition) is 8. The van der Waals surface area contributed by atoms with Crippen LogP contribution in [0.25, 0.3) is 0 Å². The number of halogens is 4. The first-order chi connectivity index (χ1) is 15.0. The van der Waals surface area contributed by atoms with Crippen molar-refractivity contribution in [2.24, 2.45) is 0 Å². The van der Waals surface area contributed by atoms with Gasteiger partial charge in [0.05, 0.1) is 10.0 Å². The molecule has 32 heavy (non-hydrogen) atoms. The Morgan fingerprint density at radius 2 is 1.09 bits per heavy atom. The minimum atomic E-state index is -0.764. The number of amides is 2. The number of rotatable bonds is 7. The Labute approximate surface area is 208 Å². The van der Waals surface area contributed by atoms with Crippen LogP contribution in [0.1, 0.15) is 0 Å². The van der Waals surface area contributed by atoms with E-state index in [1.807, 2.05) is 0 Å². The zero-order chi connectivity index (χ0) is 24.0. The fraction of sp³-hybridized carbons (Fsp3) is 0.222. The number of nitrogens with zero attached hydrogens (tertiary/aromatic N) is 2. The highest BCUT2D eigenvalue weighted by Crippen LogP contribution is 2.52. The molecule has 0 atom stereocenters. The second-order valence-electron chi connectivity index (χ2n) is 6.25. The van der Waals surface area contributed by atoms with E-state index in [9.17, 15) is 18.4 Å². The van der Waals surface area contributed by atoms with Crippen molar-refractivity contribution in [2.75, 3.05) is 28.2 Å². The fourth-order valence-electron chi connectivity index (χ4n) is 1.78. The van der Waals surface area contributed by atoms with Gasteiger partial charge in [-0.25, -0.2) is 18.4 Å². The molecule has 14 heteroatoms. The molecule has 0 aliphatic rings. The quantitative estimate of drug-likeness (QED) is 0.255. The number of benzene rings is 2. The normalized spacial score (nSPS) is 10.6. The van der Waals surface area contributed by atoms with Crippen LogP contribution in [0.4, 0.5) is 18.4 Å². The van der Waals surface area contributed by atoms with E-state index < -0.39 is 23.8 Å². The van der Waals surface area contributed by atoms with Crippen LogP contribution in [-0.4, -0.2) is 50.2 Å². The zero-order valence-electron chi connectivity index (χ0n) is 17.0. The van der Waals surface area contributed by atoms with Gasteiger partial charge in [-0.2, -0.15) is 0 Å². The Morgan fingerprint density at radius 1 is 0.750 bits per heavy atom. The van der Waals surface area contributed by atoms with Gasteiger partial charge in [-0.15, -0.1) is 0 Å². The lowest BCUT2D eigenvalue weighted by molar-refractivity contribution is 0.169. The molecule has 2 aromatic carbocycles. The van der Waals surface area contributed by atoms with Crippen LogP contribution in [0.15, 0.2) is 34.1 Å². The van der Waals surface area contributed by atoms with E-state index in [-0.39, 0.29) is 21.5 Å². The SMILES string of the molecule is CN(C)C(=O)Oc1cc(SSSSc2cc(OC(=O)N(C)C)c(F)cc2Cl)c(Cl)cc1F. The maximum atomic E-state index is 14.0. The second kappa shape index (κ2) is 12.3. The van der Waals surface area contributed by atoms with Crippen molar-refractivity contribution in [2.45, 2.75) is 9.79 Å². The van der Waals surface area contributed by atoms with E-state index in [0.717, 1.165) is 12.1 Å². The Morgan fingerprint density at radius 3 is 1.41 bits per heavy atom. The number of hydrogen-bond donors (Lipinski definition) is 0.